The molecule has 4 N–H and O–H groups in total. The Balaban J connectivity index is 1.65. The molecular formula is C24H20FN3O6S. The summed E-state index contributed by atoms with van der Waals surface area (Å²) in [4.78, 5) is 27.5. The summed E-state index contributed by atoms with van der Waals surface area (Å²) >= 11 is 0. The van der Waals surface area contributed by atoms with Gasteiger partial charge in [0, 0.05) is 29.2 Å². The smallest absolute Gasteiger partial charge is 0.261 e. The standard InChI is InChI=1S/C24H20FN3O6S/c1-34-22-10-14(2-9-21(22)29)13-26-24(31)19-12-23(30)27-20-8-7-17(11-18(19)20)35(32,33)28-16-5-3-15(25)4-6-16/h2-12,28-29H,13H2,1H3,(H,26,31)(H,27,30). The Morgan fingerprint density at radius 1 is 1.06 bits per heavy atom. The highest BCUT2D eigenvalue weighted by molar-refractivity contribution is 7.92. The fraction of sp³-hybridized carbons (Fsp3) is 0.0833. The van der Waals surface area contributed by atoms with Crippen LogP contribution >= 0.6 is 0 Å². The maximum Gasteiger partial charge on any atom is 0.261 e. The fourth-order valence-electron chi connectivity index (χ4n) is 3.43. The molecule has 0 atom stereocenters. The number of carbonyl (C=O) groups is 1. The molecule has 0 spiro atoms. The van der Waals surface area contributed by atoms with Crippen LogP contribution in [0.5, 0.6) is 11.5 Å². The van der Waals surface area contributed by atoms with Crippen LogP contribution in [0.25, 0.3) is 10.9 Å². The molecule has 3 aromatic carbocycles. The van der Waals surface area contributed by atoms with Crippen LogP contribution in [0.3, 0.4) is 0 Å². The lowest BCUT2D eigenvalue weighted by atomic mass is 10.1. The van der Waals surface area contributed by atoms with Crippen LogP contribution in [0.4, 0.5) is 10.1 Å². The second-order valence-corrected chi connectivity index (χ2v) is 9.24. The number of phenolic OH excluding ortho intramolecular Hbond substituents is 1. The zero-order chi connectivity index (χ0) is 25.2. The average molecular weight is 498 g/mol. The quantitative estimate of drug-likeness (QED) is 0.310. The lowest BCUT2D eigenvalue weighted by molar-refractivity contribution is 0.0952. The minimum absolute atomic E-state index is 0.0201. The van der Waals surface area contributed by atoms with Crippen LogP contribution in [0.15, 0.2) is 76.4 Å². The van der Waals surface area contributed by atoms with Crippen LogP contribution in [-0.2, 0) is 16.6 Å². The number of benzene rings is 3. The Bertz CT molecular complexity index is 1580. The lowest BCUT2D eigenvalue weighted by Crippen LogP contribution is -2.25. The molecule has 0 aliphatic rings. The van der Waals surface area contributed by atoms with Crippen molar-refractivity contribution in [3.63, 3.8) is 0 Å². The van der Waals surface area contributed by atoms with E-state index in [1.54, 1.807) is 12.1 Å². The Morgan fingerprint density at radius 3 is 2.51 bits per heavy atom. The summed E-state index contributed by atoms with van der Waals surface area (Å²) in [5.74, 6) is -0.925. The van der Waals surface area contributed by atoms with E-state index in [-0.39, 0.29) is 45.1 Å². The number of aromatic hydroxyl groups is 1. The van der Waals surface area contributed by atoms with Crippen LogP contribution < -0.4 is 20.3 Å². The van der Waals surface area contributed by atoms with Gasteiger partial charge in [0.25, 0.3) is 15.9 Å². The van der Waals surface area contributed by atoms with Gasteiger partial charge in [0.1, 0.15) is 5.82 Å². The molecule has 4 rings (SSSR count). The topological polar surface area (TPSA) is 138 Å². The molecule has 4 aromatic rings. The zero-order valence-corrected chi connectivity index (χ0v) is 19.1. The van der Waals surface area contributed by atoms with E-state index in [0.717, 1.165) is 18.2 Å². The maximum atomic E-state index is 13.1. The highest BCUT2D eigenvalue weighted by Crippen LogP contribution is 2.26. The van der Waals surface area contributed by atoms with Crippen molar-refractivity contribution >= 4 is 32.5 Å². The first kappa shape index (κ1) is 23.8. The molecule has 11 heteroatoms. The third-order valence-corrected chi connectivity index (χ3v) is 6.54. The van der Waals surface area contributed by atoms with Crippen LogP contribution in [0.2, 0.25) is 0 Å². The van der Waals surface area contributed by atoms with Crippen molar-refractivity contribution in [3.8, 4) is 11.5 Å². The van der Waals surface area contributed by atoms with Gasteiger partial charge in [-0.05, 0) is 60.2 Å². The van der Waals surface area contributed by atoms with E-state index in [0.29, 0.717) is 5.56 Å². The number of amides is 1. The number of ether oxygens (including phenoxy) is 1. The second kappa shape index (κ2) is 9.47. The Morgan fingerprint density at radius 2 is 1.80 bits per heavy atom. The molecular weight excluding hydrogens is 477 g/mol. The van der Waals surface area contributed by atoms with E-state index in [1.165, 1.54) is 43.5 Å². The predicted octanol–water partition coefficient (Wildman–Crippen LogP) is 3.11. The summed E-state index contributed by atoms with van der Waals surface area (Å²) in [5.41, 5.74) is 0.515. The molecule has 0 unspecified atom stereocenters. The maximum absolute atomic E-state index is 13.1. The molecule has 0 aliphatic carbocycles. The third-order valence-electron chi connectivity index (χ3n) is 5.16. The van der Waals surface area contributed by atoms with Crippen LogP contribution in [0, 0.1) is 5.82 Å². The molecule has 1 aromatic heterocycles. The highest BCUT2D eigenvalue weighted by Gasteiger charge is 2.18. The summed E-state index contributed by atoms with van der Waals surface area (Å²) in [7, 11) is -2.67. The number of hydrogen-bond acceptors (Lipinski definition) is 6. The Hall–Kier alpha value is -4.38. The van der Waals surface area contributed by atoms with Crippen molar-refractivity contribution in [1.29, 1.82) is 0 Å². The van der Waals surface area contributed by atoms with E-state index in [1.807, 2.05) is 0 Å². The van der Waals surface area contributed by atoms with Gasteiger partial charge < -0.3 is 20.1 Å². The summed E-state index contributed by atoms with van der Waals surface area (Å²) < 4.78 is 46.3. The molecule has 0 aliphatic heterocycles. The van der Waals surface area contributed by atoms with E-state index in [2.05, 4.69) is 15.0 Å². The summed E-state index contributed by atoms with van der Waals surface area (Å²) in [5, 5.41) is 12.6. The van der Waals surface area contributed by atoms with Crippen molar-refractivity contribution < 1.29 is 27.4 Å². The van der Waals surface area contributed by atoms with Crippen LogP contribution in [-0.4, -0.2) is 31.5 Å². The van der Waals surface area contributed by atoms with Gasteiger partial charge in [-0.1, -0.05) is 6.07 Å². The van der Waals surface area contributed by atoms with Crippen molar-refractivity contribution in [2.75, 3.05) is 11.8 Å². The third kappa shape index (κ3) is 5.25. The summed E-state index contributed by atoms with van der Waals surface area (Å²) in [6, 6.07) is 14.4. The fourth-order valence-corrected chi connectivity index (χ4v) is 4.51. The SMILES string of the molecule is COc1cc(CNC(=O)c2cc(=O)[nH]c3ccc(S(=O)(=O)Nc4ccc(F)cc4)cc23)ccc1O. The number of aromatic amines is 1. The predicted molar refractivity (Wildman–Crippen MR) is 128 cm³/mol. The van der Waals surface area contributed by atoms with E-state index in [4.69, 9.17) is 4.74 Å². The van der Waals surface area contributed by atoms with Gasteiger partial charge >= 0.3 is 0 Å². The first-order chi connectivity index (χ1) is 16.7. The number of hydrogen-bond donors (Lipinski definition) is 4. The average Bonchev–Trinajstić information content (AvgIpc) is 2.83. The number of fused-ring (bicyclic) bond motifs is 1. The van der Waals surface area contributed by atoms with E-state index in [9.17, 15) is 27.5 Å². The molecule has 1 amide bonds. The molecule has 180 valence electrons. The van der Waals surface area contributed by atoms with Gasteiger partial charge in [0.2, 0.25) is 5.56 Å². The van der Waals surface area contributed by atoms with E-state index >= 15 is 0 Å². The van der Waals surface area contributed by atoms with Gasteiger partial charge in [-0.2, -0.15) is 0 Å². The number of anilines is 1. The zero-order valence-electron chi connectivity index (χ0n) is 18.3. The normalized spacial score (nSPS) is 11.3. The number of methoxy groups -OCH3 is 1. The molecule has 9 nitrogen and oxygen atoms in total. The molecule has 0 saturated carbocycles. The first-order valence-electron chi connectivity index (χ1n) is 10.3. The monoisotopic (exact) mass is 497 g/mol. The van der Waals surface area contributed by atoms with E-state index < -0.39 is 27.3 Å². The van der Waals surface area contributed by atoms with Gasteiger partial charge in [-0.25, -0.2) is 12.8 Å². The number of sulfonamides is 1. The second-order valence-electron chi connectivity index (χ2n) is 7.56. The van der Waals surface area contributed by atoms with Crippen molar-refractivity contribution in [2.45, 2.75) is 11.4 Å². The molecule has 0 bridgehead atoms. The van der Waals surface area contributed by atoms with Crippen molar-refractivity contribution in [1.82, 2.24) is 10.3 Å². The van der Waals surface area contributed by atoms with Gasteiger partial charge in [-0.15, -0.1) is 0 Å². The largest absolute Gasteiger partial charge is 0.504 e. The number of aromatic nitrogens is 1. The van der Waals surface area contributed by atoms with Crippen molar-refractivity contribution in [2.24, 2.45) is 0 Å². The Kier molecular flexibility index (Phi) is 6.43. The highest BCUT2D eigenvalue weighted by atomic mass is 32.2. The molecule has 1 heterocycles. The lowest BCUT2D eigenvalue weighted by Gasteiger charge is -2.12. The minimum Gasteiger partial charge on any atom is -0.504 e. The molecule has 0 fully saturated rings. The summed E-state index contributed by atoms with van der Waals surface area (Å²) in [6.07, 6.45) is 0. The van der Waals surface area contributed by atoms with Gasteiger partial charge in [-0.3, -0.25) is 14.3 Å². The molecule has 0 saturated heterocycles. The number of pyridine rings is 1. The number of carbonyl (C=O) groups excluding carboxylic acids is 1. The summed E-state index contributed by atoms with van der Waals surface area (Å²) in [6.45, 7) is 0.0634. The number of halogens is 1. The number of nitrogens with one attached hydrogen (secondary N) is 3. The first-order valence-corrected chi connectivity index (χ1v) is 11.7. The Labute approximate surface area is 199 Å². The van der Waals surface area contributed by atoms with Gasteiger partial charge in [0.15, 0.2) is 11.5 Å². The van der Waals surface area contributed by atoms with Gasteiger partial charge in [0.05, 0.1) is 17.6 Å². The molecule has 0 radical (unpaired) electrons. The number of rotatable bonds is 7. The minimum atomic E-state index is -4.07. The number of H-pyrrole nitrogens is 1. The van der Waals surface area contributed by atoms with Crippen LogP contribution in [0.1, 0.15) is 15.9 Å². The number of phenols is 1. The van der Waals surface area contributed by atoms with Crippen molar-refractivity contribution in [3.05, 3.63) is 94.0 Å². The molecule has 35 heavy (non-hydrogen) atoms.